The second kappa shape index (κ2) is 5.01. The van der Waals surface area contributed by atoms with Crippen LogP contribution in [0, 0.1) is 6.92 Å². The Balaban J connectivity index is 2.16. The molecule has 0 fully saturated rings. The first-order valence-corrected chi connectivity index (χ1v) is 7.39. The minimum atomic E-state index is -3.64. The number of aromatic nitrogens is 2. The number of anilines is 1. The molecule has 0 aromatic carbocycles. The van der Waals surface area contributed by atoms with Gasteiger partial charge in [0.25, 0.3) is 0 Å². The number of pyridine rings is 1. The van der Waals surface area contributed by atoms with Crippen molar-refractivity contribution >= 4 is 27.0 Å². The Morgan fingerprint density at radius 2 is 2.22 bits per heavy atom. The van der Waals surface area contributed by atoms with Crippen LogP contribution in [0.2, 0.25) is 0 Å². The molecule has 0 aliphatic heterocycles. The molecule has 96 valence electrons. The molecule has 0 unspecified atom stereocenters. The van der Waals surface area contributed by atoms with Crippen molar-refractivity contribution in [3.63, 3.8) is 0 Å². The molecule has 0 spiro atoms. The van der Waals surface area contributed by atoms with Crippen molar-refractivity contribution in [3.05, 3.63) is 34.5 Å². The Kier molecular flexibility index (Phi) is 3.60. The predicted molar refractivity (Wildman–Crippen MR) is 69.5 cm³/mol. The van der Waals surface area contributed by atoms with Gasteiger partial charge in [-0.15, -0.1) is 11.3 Å². The molecule has 2 heterocycles. The zero-order chi connectivity index (χ0) is 13.2. The molecule has 8 heteroatoms. The molecule has 0 amide bonds. The number of nitrogens with one attached hydrogen (secondary N) is 1. The highest BCUT2D eigenvalue weighted by Gasteiger charge is 2.17. The number of aryl methyl sites for hydroxylation is 1. The predicted octanol–water partition coefficient (Wildman–Crippen LogP) is 0.907. The first-order valence-electron chi connectivity index (χ1n) is 5.09. The fourth-order valence-electron chi connectivity index (χ4n) is 1.35. The summed E-state index contributed by atoms with van der Waals surface area (Å²) in [7, 11) is -3.64. The van der Waals surface area contributed by atoms with Crippen molar-refractivity contribution in [1.29, 1.82) is 0 Å². The Morgan fingerprint density at radius 3 is 2.83 bits per heavy atom. The van der Waals surface area contributed by atoms with Crippen molar-refractivity contribution < 1.29 is 8.42 Å². The van der Waals surface area contributed by atoms with Crippen LogP contribution in [0.1, 0.15) is 9.88 Å². The van der Waals surface area contributed by atoms with Crippen LogP contribution in [0.5, 0.6) is 0 Å². The maximum Gasteiger partial charge on any atom is 0.244 e. The van der Waals surface area contributed by atoms with Gasteiger partial charge in [0.05, 0.1) is 10.7 Å². The van der Waals surface area contributed by atoms with E-state index < -0.39 is 10.0 Å². The molecule has 18 heavy (non-hydrogen) atoms. The second-order valence-corrected chi connectivity index (χ2v) is 6.64. The quantitative estimate of drug-likeness (QED) is 0.869. The first kappa shape index (κ1) is 12.9. The van der Waals surface area contributed by atoms with Gasteiger partial charge < -0.3 is 5.73 Å². The highest BCUT2D eigenvalue weighted by Crippen LogP contribution is 2.17. The molecule has 2 aromatic heterocycles. The zero-order valence-corrected chi connectivity index (χ0v) is 11.3. The Hall–Kier alpha value is -1.51. The highest BCUT2D eigenvalue weighted by atomic mass is 32.2. The molecule has 3 N–H and O–H groups in total. The van der Waals surface area contributed by atoms with Gasteiger partial charge in [-0.25, -0.2) is 18.1 Å². The molecule has 6 nitrogen and oxygen atoms in total. The number of nitrogen functional groups attached to an aromatic ring is 1. The van der Waals surface area contributed by atoms with Crippen molar-refractivity contribution in [2.45, 2.75) is 18.4 Å². The van der Waals surface area contributed by atoms with E-state index in [4.69, 9.17) is 5.73 Å². The average Bonchev–Trinajstić information content (AvgIpc) is 2.73. The number of thiazole rings is 1. The number of sulfonamides is 1. The lowest BCUT2D eigenvalue weighted by Crippen LogP contribution is -2.23. The Bertz CT molecular complexity index is 651. The van der Waals surface area contributed by atoms with Gasteiger partial charge in [-0.1, -0.05) is 0 Å². The van der Waals surface area contributed by atoms with Crippen LogP contribution in [0.3, 0.4) is 0 Å². The van der Waals surface area contributed by atoms with E-state index in [2.05, 4.69) is 14.7 Å². The summed E-state index contributed by atoms with van der Waals surface area (Å²) in [5.41, 5.74) is 5.79. The van der Waals surface area contributed by atoms with Crippen LogP contribution >= 0.6 is 11.3 Å². The van der Waals surface area contributed by atoms with Gasteiger partial charge in [-0.2, -0.15) is 0 Å². The minimum absolute atomic E-state index is 0.00811. The summed E-state index contributed by atoms with van der Waals surface area (Å²) >= 11 is 1.44. The molecule has 2 rings (SSSR count). The van der Waals surface area contributed by atoms with Crippen LogP contribution in [0.15, 0.2) is 29.6 Å². The lowest BCUT2D eigenvalue weighted by Gasteiger charge is -2.07. The number of rotatable bonds is 4. The smallest absolute Gasteiger partial charge is 0.244 e. The molecule has 0 aliphatic rings. The van der Waals surface area contributed by atoms with Gasteiger partial charge in [-0.3, -0.25) is 4.98 Å². The van der Waals surface area contributed by atoms with Gasteiger partial charge in [0.15, 0.2) is 0 Å². The summed E-state index contributed by atoms with van der Waals surface area (Å²) in [6.07, 6.45) is 4.33. The standard InChI is InChI=1S/C10H12N4O2S2/c1-7-13-4-8(17-7)5-14-18(15,16)10-6-12-3-2-9(10)11/h2-4,6,14H,5H2,1H3,(H2,11,12). The fourth-order valence-corrected chi connectivity index (χ4v) is 3.25. The molecule has 2 aromatic rings. The Morgan fingerprint density at radius 1 is 1.44 bits per heavy atom. The van der Waals surface area contributed by atoms with E-state index in [0.717, 1.165) is 9.88 Å². The summed E-state index contributed by atoms with van der Waals surface area (Å²) in [5, 5.41) is 0.894. The van der Waals surface area contributed by atoms with E-state index >= 15 is 0 Å². The third-order valence-corrected chi connectivity index (χ3v) is 4.57. The zero-order valence-electron chi connectivity index (χ0n) is 9.62. The number of nitrogens with two attached hydrogens (primary N) is 1. The van der Waals surface area contributed by atoms with Gasteiger partial charge in [0.1, 0.15) is 4.90 Å². The monoisotopic (exact) mass is 284 g/mol. The molecule has 0 saturated carbocycles. The van der Waals surface area contributed by atoms with Gasteiger partial charge in [0.2, 0.25) is 10.0 Å². The summed E-state index contributed by atoms with van der Waals surface area (Å²) in [4.78, 5) is 8.65. The van der Waals surface area contributed by atoms with E-state index in [1.54, 1.807) is 6.20 Å². The van der Waals surface area contributed by atoms with Gasteiger partial charge >= 0.3 is 0 Å². The van der Waals surface area contributed by atoms with E-state index in [0.29, 0.717) is 0 Å². The van der Waals surface area contributed by atoms with Gasteiger partial charge in [-0.05, 0) is 13.0 Å². The molecule has 0 atom stereocenters. The molecule has 0 saturated heterocycles. The summed E-state index contributed by atoms with van der Waals surface area (Å²) in [5.74, 6) is 0. The number of hydrogen-bond donors (Lipinski definition) is 2. The number of nitrogens with zero attached hydrogens (tertiary/aromatic N) is 2. The first-order chi connectivity index (χ1) is 8.49. The second-order valence-electron chi connectivity index (χ2n) is 3.58. The number of hydrogen-bond acceptors (Lipinski definition) is 6. The molecule has 0 radical (unpaired) electrons. The lowest BCUT2D eigenvalue weighted by atomic mass is 10.4. The molecular weight excluding hydrogens is 272 g/mol. The third-order valence-electron chi connectivity index (χ3n) is 2.21. The lowest BCUT2D eigenvalue weighted by molar-refractivity contribution is 0.582. The van der Waals surface area contributed by atoms with E-state index in [9.17, 15) is 8.42 Å². The maximum atomic E-state index is 12.0. The fraction of sp³-hybridized carbons (Fsp3) is 0.200. The van der Waals surface area contributed by atoms with E-state index in [-0.39, 0.29) is 17.1 Å². The van der Waals surface area contributed by atoms with Crippen LogP contribution < -0.4 is 10.5 Å². The summed E-state index contributed by atoms with van der Waals surface area (Å²) in [6.45, 7) is 2.06. The van der Waals surface area contributed by atoms with Crippen LogP contribution in [-0.2, 0) is 16.6 Å². The van der Waals surface area contributed by atoms with Crippen LogP contribution in [0.4, 0.5) is 5.69 Å². The molecule has 0 aliphatic carbocycles. The third kappa shape index (κ3) is 2.84. The van der Waals surface area contributed by atoms with Gasteiger partial charge in [0, 0.05) is 30.0 Å². The largest absolute Gasteiger partial charge is 0.398 e. The van der Waals surface area contributed by atoms with E-state index in [1.165, 1.54) is 29.8 Å². The van der Waals surface area contributed by atoms with Crippen LogP contribution in [-0.4, -0.2) is 18.4 Å². The van der Waals surface area contributed by atoms with E-state index in [1.807, 2.05) is 6.92 Å². The van der Waals surface area contributed by atoms with Crippen molar-refractivity contribution in [1.82, 2.24) is 14.7 Å². The van der Waals surface area contributed by atoms with Crippen molar-refractivity contribution in [2.24, 2.45) is 0 Å². The highest BCUT2D eigenvalue weighted by molar-refractivity contribution is 7.89. The summed E-state index contributed by atoms with van der Waals surface area (Å²) in [6, 6.07) is 1.45. The average molecular weight is 284 g/mol. The Labute approximate surface area is 109 Å². The minimum Gasteiger partial charge on any atom is -0.398 e. The van der Waals surface area contributed by atoms with Crippen LogP contribution in [0.25, 0.3) is 0 Å². The van der Waals surface area contributed by atoms with Crippen molar-refractivity contribution in [2.75, 3.05) is 5.73 Å². The normalized spacial score (nSPS) is 11.6. The summed E-state index contributed by atoms with van der Waals surface area (Å²) < 4.78 is 26.4. The SMILES string of the molecule is Cc1ncc(CNS(=O)(=O)c2cnccc2N)s1. The topological polar surface area (TPSA) is 98.0 Å². The maximum absolute atomic E-state index is 12.0. The van der Waals surface area contributed by atoms with Crippen molar-refractivity contribution in [3.8, 4) is 0 Å². The molecule has 0 bridgehead atoms. The molecular formula is C10H12N4O2S2.